The van der Waals surface area contributed by atoms with Crippen molar-refractivity contribution in [3.05, 3.63) is 122 Å². The SMILES string of the molecule is O=S(=O)(OI(c1ccccc1)c1ccccc1)c1ccc2ccc3cccc4ccc1c2c34. The van der Waals surface area contributed by atoms with Gasteiger partial charge in [0.15, 0.2) is 0 Å². The van der Waals surface area contributed by atoms with Gasteiger partial charge in [0.1, 0.15) is 0 Å². The fraction of sp³-hybridized carbons (Fsp3) is 0. The maximum atomic E-state index is 13.8. The summed E-state index contributed by atoms with van der Waals surface area (Å²) < 4.78 is 35.5. The van der Waals surface area contributed by atoms with E-state index >= 15 is 0 Å². The van der Waals surface area contributed by atoms with E-state index in [4.69, 9.17) is 2.51 Å². The van der Waals surface area contributed by atoms with E-state index in [9.17, 15) is 8.42 Å². The molecule has 0 unspecified atom stereocenters. The average Bonchev–Trinajstić information content (AvgIpc) is 2.87. The van der Waals surface area contributed by atoms with Crippen molar-refractivity contribution in [2.75, 3.05) is 0 Å². The van der Waals surface area contributed by atoms with Gasteiger partial charge in [-0.05, 0) is 0 Å². The van der Waals surface area contributed by atoms with Crippen molar-refractivity contribution in [2.45, 2.75) is 4.90 Å². The average molecular weight is 562 g/mol. The summed E-state index contributed by atoms with van der Waals surface area (Å²) in [6.45, 7) is 0. The van der Waals surface area contributed by atoms with Gasteiger partial charge in [-0.25, -0.2) is 0 Å². The van der Waals surface area contributed by atoms with Crippen LogP contribution in [0.2, 0.25) is 0 Å². The molecular formula is C28H19IO3S. The van der Waals surface area contributed by atoms with Crippen molar-refractivity contribution in [1.29, 1.82) is 0 Å². The van der Waals surface area contributed by atoms with Crippen LogP contribution in [-0.2, 0) is 12.6 Å². The molecule has 5 heteroatoms. The van der Waals surface area contributed by atoms with E-state index in [-0.39, 0.29) is 4.90 Å². The van der Waals surface area contributed by atoms with E-state index in [0.717, 1.165) is 34.1 Å². The Morgan fingerprint density at radius 2 is 1.03 bits per heavy atom. The third kappa shape index (κ3) is 3.57. The molecule has 3 nitrogen and oxygen atoms in total. The van der Waals surface area contributed by atoms with Gasteiger partial charge in [-0.2, -0.15) is 0 Å². The molecular weight excluding hydrogens is 543 g/mol. The zero-order valence-electron chi connectivity index (χ0n) is 17.5. The van der Waals surface area contributed by atoms with Gasteiger partial charge in [0.25, 0.3) is 0 Å². The molecule has 0 N–H and O–H groups in total. The molecule has 0 atom stereocenters. The fourth-order valence-corrected chi connectivity index (χ4v) is 11.5. The summed E-state index contributed by atoms with van der Waals surface area (Å²) in [5.41, 5.74) is 0. The first-order valence-electron chi connectivity index (χ1n) is 10.5. The first-order valence-corrected chi connectivity index (χ1v) is 15.0. The molecule has 0 aliphatic rings. The zero-order valence-corrected chi connectivity index (χ0v) is 20.5. The summed E-state index contributed by atoms with van der Waals surface area (Å²) in [5.74, 6) is 0. The molecule has 0 bridgehead atoms. The van der Waals surface area contributed by atoms with Crippen molar-refractivity contribution in [3.8, 4) is 0 Å². The molecule has 0 fully saturated rings. The molecule has 0 saturated heterocycles. The Kier molecular flexibility index (Phi) is 5.05. The summed E-state index contributed by atoms with van der Waals surface area (Å²) >= 11 is -2.71. The van der Waals surface area contributed by atoms with E-state index in [1.54, 1.807) is 6.07 Å². The van der Waals surface area contributed by atoms with E-state index in [1.807, 2.05) is 91.0 Å². The predicted octanol–water partition coefficient (Wildman–Crippen LogP) is 7.45. The first-order chi connectivity index (χ1) is 16.1. The third-order valence-corrected chi connectivity index (χ3v) is 13.2. The number of hydrogen-bond acceptors (Lipinski definition) is 3. The van der Waals surface area contributed by atoms with Crippen LogP contribution in [0.3, 0.4) is 0 Å². The summed E-state index contributed by atoms with van der Waals surface area (Å²) in [6.07, 6.45) is 0. The predicted molar refractivity (Wildman–Crippen MR) is 143 cm³/mol. The van der Waals surface area contributed by atoms with Crippen molar-refractivity contribution >= 4 is 62.7 Å². The Hall–Kier alpha value is -3.00. The Labute approximate surface area is 200 Å². The third-order valence-electron chi connectivity index (χ3n) is 5.77. The normalized spacial score (nSPS) is 12.5. The van der Waals surface area contributed by atoms with Crippen LogP contribution in [-0.4, -0.2) is 8.42 Å². The molecule has 0 aliphatic carbocycles. The van der Waals surface area contributed by atoms with Crippen LogP contribution in [0.5, 0.6) is 0 Å². The maximum absolute atomic E-state index is 13.8. The summed E-state index contributed by atoms with van der Waals surface area (Å²) in [4.78, 5) is 0.224. The van der Waals surface area contributed by atoms with Crippen LogP contribution in [0, 0.1) is 7.14 Å². The van der Waals surface area contributed by atoms with E-state index in [1.165, 1.54) is 0 Å². The summed E-state index contributed by atoms with van der Waals surface area (Å²) in [5, 5.41) is 5.98. The topological polar surface area (TPSA) is 43.4 Å². The van der Waals surface area contributed by atoms with E-state index in [2.05, 4.69) is 18.2 Å². The van der Waals surface area contributed by atoms with Crippen molar-refractivity contribution in [3.63, 3.8) is 0 Å². The van der Waals surface area contributed by atoms with Crippen LogP contribution in [0.25, 0.3) is 32.3 Å². The van der Waals surface area contributed by atoms with Gasteiger partial charge in [0, 0.05) is 0 Å². The molecule has 0 amide bonds. The standard InChI is InChI=1S/C28H19IO3S/c30-33(31,32-29(23-10-3-1-4-11-23)24-12-5-2-6-13-24)26-19-17-22-15-14-20-8-7-9-21-16-18-25(26)28(22)27(20)21/h1-19H. The first kappa shape index (κ1) is 20.6. The van der Waals surface area contributed by atoms with Gasteiger partial charge in [-0.3, -0.25) is 0 Å². The Morgan fingerprint density at radius 3 is 1.64 bits per heavy atom. The van der Waals surface area contributed by atoms with Gasteiger partial charge in [-0.15, -0.1) is 0 Å². The molecule has 0 radical (unpaired) electrons. The second-order valence-corrected chi connectivity index (χ2v) is 14.2. The fourth-order valence-electron chi connectivity index (χ4n) is 4.30. The molecule has 162 valence electrons. The molecule has 0 aromatic heterocycles. The minimum absolute atomic E-state index is 0.224. The van der Waals surface area contributed by atoms with Crippen LogP contribution in [0.15, 0.2) is 120 Å². The monoisotopic (exact) mass is 562 g/mol. The Bertz CT molecular complexity index is 1640. The molecule has 0 spiro atoms. The summed E-state index contributed by atoms with van der Waals surface area (Å²) in [7, 11) is -4.01. The number of hydrogen-bond donors (Lipinski definition) is 0. The second-order valence-electron chi connectivity index (χ2n) is 7.78. The number of halogens is 1. The number of rotatable bonds is 5. The van der Waals surface area contributed by atoms with Crippen LogP contribution >= 0.6 is 20.2 Å². The minimum atomic E-state index is -4.01. The van der Waals surface area contributed by atoms with E-state index in [0.29, 0.717) is 5.39 Å². The van der Waals surface area contributed by atoms with Gasteiger partial charge in [0.2, 0.25) is 0 Å². The Balaban J connectivity index is 1.54. The molecule has 0 saturated carbocycles. The van der Waals surface area contributed by atoms with Gasteiger partial charge in [0.05, 0.1) is 0 Å². The Morgan fingerprint density at radius 1 is 0.515 bits per heavy atom. The van der Waals surface area contributed by atoms with Crippen molar-refractivity contribution in [2.24, 2.45) is 0 Å². The van der Waals surface area contributed by atoms with Crippen LogP contribution in [0.1, 0.15) is 0 Å². The van der Waals surface area contributed by atoms with Crippen molar-refractivity contribution < 1.29 is 10.9 Å². The molecule has 6 rings (SSSR count). The van der Waals surface area contributed by atoms with Crippen LogP contribution < -0.4 is 0 Å². The molecule has 6 aromatic carbocycles. The molecule has 6 aromatic rings. The number of benzene rings is 6. The van der Waals surface area contributed by atoms with Gasteiger partial charge in [-0.1, -0.05) is 0 Å². The molecule has 0 heterocycles. The van der Waals surface area contributed by atoms with Crippen LogP contribution in [0.4, 0.5) is 0 Å². The van der Waals surface area contributed by atoms with E-state index < -0.39 is 30.4 Å². The molecule has 0 aliphatic heterocycles. The van der Waals surface area contributed by atoms with Gasteiger partial charge >= 0.3 is 201 Å². The quantitative estimate of drug-likeness (QED) is 0.162. The van der Waals surface area contributed by atoms with Gasteiger partial charge < -0.3 is 0 Å². The second kappa shape index (κ2) is 8.09. The molecule has 33 heavy (non-hydrogen) atoms. The summed E-state index contributed by atoms with van der Waals surface area (Å²) in [6, 6.07) is 37.1. The zero-order chi connectivity index (χ0) is 22.4. The van der Waals surface area contributed by atoms with Crippen molar-refractivity contribution in [1.82, 2.24) is 0 Å².